The van der Waals surface area contributed by atoms with Gasteiger partial charge in [0, 0.05) is 35.9 Å². The number of nitrogens with zero attached hydrogens (tertiary/aromatic N) is 2. The van der Waals surface area contributed by atoms with Gasteiger partial charge in [0.25, 0.3) is 5.91 Å². The minimum atomic E-state index is -1.04. The maximum atomic E-state index is 12.6. The molecule has 32 heavy (non-hydrogen) atoms. The van der Waals surface area contributed by atoms with Crippen molar-refractivity contribution in [3.05, 3.63) is 89.7 Å². The number of rotatable bonds is 7. The Hall–Kier alpha value is -4.46. The lowest BCUT2D eigenvalue weighted by atomic mass is 10.1. The van der Waals surface area contributed by atoms with E-state index in [0.29, 0.717) is 34.5 Å². The number of aromatic carboxylic acids is 1. The molecule has 0 saturated carbocycles. The Morgan fingerprint density at radius 1 is 0.938 bits per heavy atom. The molecule has 0 aliphatic heterocycles. The molecule has 0 spiro atoms. The molecule has 0 fully saturated rings. The number of benzene rings is 3. The van der Waals surface area contributed by atoms with E-state index in [0.717, 1.165) is 11.3 Å². The van der Waals surface area contributed by atoms with Gasteiger partial charge in [-0.25, -0.2) is 14.8 Å². The molecule has 1 amide bonds. The highest BCUT2D eigenvalue weighted by atomic mass is 16.4. The molecule has 1 aromatic heterocycles. The minimum Gasteiger partial charge on any atom is -0.478 e. The van der Waals surface area contributed by atoms with Gasteiger partial charge < -0.3 is 21.1 Å². The lowest BCUT2D eigenvalue weighted by Gasteiger charge is -2.11. The third kappa shape index (κ3) is 4.49. The molecule has 4 N–H and O–H groups in total. The summed E-state index contributed by atoms with van der Waals surface area (Å²) in [5, 5.41) is 19.2. The highest BCUT2D eigenvalue weighted by Crippen LogP contribution is 2.23. The average molecular weight is 427 g/mol. The third-order valence-corrected chi connectivity index (χ3v) is 4.95. The number of carbonyl (C=O) groups excluding carboxylic acids is 1. The van der Waals surface area contributed by atoms with Gasteiger partial charge in [0.05, 0.1) is 11.1 Å². The van der Waals surface area contributed by atoms with Crippen LogP contribution in [0.25, 0.3) is 10.9 Å². The number of hydrogen-bond donors (Lipinski definition) is 4. The molecule has 0 aliphatic rings. The van der Waals surface area contributed by atoms with E-state index in [2.05, 4.69) is 25.9 Å². The summed E-state index contributed by atoms with van der Waals surface area (Å²) in [5.74, 6) is -0.699. The van der Waals surface area contributed by atoms with E-state index >= 15 is 0 Å². The highest BCUT2D eigenvalue weighted by molar-refractivity contribution is 6.05. The first-order valence-electron chi connectivity index (χ1n) is 9.94. The molecular weight excluding hydrogens is 406 g/mol. The summed E-state index contributed by atoms with van der Waals surface area (Å²) in [7, 11) is 1.80. The van der Waals surface area contributed by atoms with Gasteiger partial charge in [0.2, 0.25) is 0 Å². The molecule has 8 heteroatoms. The SMILES string of the molecule is CNc1cccc(C(=O)Nc2cccc(CNc3ncnc4c(C(=O)O)cccc34)c2)c1. The predicted octanol–water partition coefficient (Wildman–Crippen LogP) is 4.23. The molecule has 3 aromatic carbocycles. The number of hydrogen-bond acceptors (Lipinski definition) is 6. The smallest absolute Gasteiger partial charge is 0.337 e. The van der Waals surface area contributed by atoms with E-state index in [1.807, 2.05) is 36.4 Å². The van der Waals surface area contributed by atoms with Crippen LogP contribution in [0, 0.1) is 0 Å². The second-order valence-corrected chi connectivity index (χ2v) is 7.07. The van der Waals surface area contributed by atoms with Crippen LogP contribution >= 0.6 is 0 Å². The van der Waals surface area contributed by atoms with Crippen LogP contribution in [0.1, 0.15) is 26.3 Å². The topological polar surface area (TPSA) is 116 Å². The van der Waals surface area contributed by atoms with Crippen LogP contribution in [-0.2, 0) is 6.54 Å². The molecule has 0 bridgehead atoms. The van der Waals surface area contributed by atoms with Crippen LogP contribution in [0.5, 0.6) is 0 Å². The molecule has 0 saturated heterocycles. The van der Waals surface area contributed by atoms with E-state index in [1.165, 1.54) is 12.4 Å². The number of nitrogens with one attached hydrogen (secondary N) is 3. The number of para-hydroxylation sites is 1. The van der Waals surface area contributed by atoms with Gasteiger partial charge in [0.1, 0.15) is 12.1 Å². The van der Waals surface area contributed by atoms with Crippen molar-refractivity contribution in [2.24, 2.45) is 0 Å². The second kappa shape index (κ2) is 9.13. The van der Waals surface area contributed by atoms with Crippen molar-refractivity contribution < 1.29 is 14.7 Å². The fourth-order valence-electron chi connectivity index (χ4n) is 3.37. The van der Waals surface area contributed by atoms with Crippen molar-refractivity contribution in [2.75, 3.05) is 23.0 Å². The van der Waals surface area contributed by atoms with Gasteiger partial charge in [-0.05, 0) is 48.0 Å². The third-order valence-electron chi connectivity index (χ3n) is 4.95. The average Bonchev–Trinajstić information content (AvgIpc) is 2.82. The second-order valence-electron chi connectivity index (χ2n) is 7.07. The summed E-state index contributed by atoms with van der Waals surface area (Å²) in [6.07, 6.45) is 1.34. The number of aromatic nitrogens is 2. The first-order chi connectivity index (χ1) is 15.5. The first kappa shape index (κ1) is 20.8. The van der Waals surface area contributed by atoms with Gasteiger partial charge >= 0.3 is 5.97 Å². The Morgan fingerprint density at radius 2 is 1.72 bits per heavy atom. The van der Waals surface area contributed by atoms with Crippen LogP contribution < -0.4 is 16.0 Å². The fourth-order valence-corrected chi connectivity index (χ4v) is 3.37. The van der Waals surface area contributed by atoms with Crippen LogP contribution in [0.4, 0.5) is 17.2 Å². The van der Waals surface area contributed by atoms with Crippen molar-refractivity contribution in [2.45, 2.75) is 6.54 Å². The van der Waals surface area contributed by atoms with E-state index in [-0.39, 0.29) is 11.5 Å². The Kier molecular flexibility index (Phi) is 5.94. The fraction of sp³-hybridized carbons (Fsp3) is 0.0833. The molecule has 0 unspecified atom stereocenters. The monoisotopic (exact) mass is 427 g/mol. The number of amides is 1. The summed E-state index contributed by atoms with van der Waals surface area (Å²) < 4.78 is 0. The molecule has 8 nitrogen and oxygen atoms in total. The minimum absolute atomic E-state index is 0.125. The maximum Gasteiger partial charge on any atom is 0.337 e. The van der Waals surface area contributed by atoms with Crippen molar-refractivity contribution in [1.29, 1.82) is 0 Å². The quantitative estimate of drug-likeness (QED) is 0.349. The highest BCUT2D eigenvalue weighted by Gasteiger charge is 2.12. The standard InChI is InChI=1S/C24H21N5O3/c1-25-17-7-3-6-16(12-17)23(30)29-18-8-2-5-15(11-18)13-26-22-19-9-4-10-20(24(31)32)21(19)27-14-28-22/h2-12,14,25H,13H2,1H3,(H,29,30)(H,31,32)(H,26,27,28). The van der Waals surface area contributed by atoms with Gasteiger partial charge in [0.15, 0.2) is 0 Å². The first-order valence-corrected chi connectivity index (χ1v) is 9.94. The summed E-state index contributed by atoms with van der Waals surface area (Å²) >= 11 is 0. The number of carboxylic acid groups (broad SMARTS) is 1. The van der Waals surface area contributed by atoms with Gasteiger partial charge in [-0.15, -0.1) is 0 Å². The van der Waals surface area contributed by atoms with Crippen molar-refractivity contribution in [3.8, 4) is 0 Å². The number of fused-ring (bicyclic) bond motifs is 1. The number of anilines is 3. The zero-order chi connectivity index (χ0) is 22.5. The number of carbonyl (C=O) groups is 2. The summed E-state index contributed by atoms with van der Waals surface area (Å²) in [6.45, 7) is 0.433. The molecule has 0 atom stereocenters. The number of carboxylic acids is 1. The van der Waals surface area contributed by atoms with Gasteiger partial charge in [-0.3, -0.25) is 4.79 Å². The molecule has 0 aliphatic carbocycles. The molecule has 160 valence electrons. The normalized spacial score (nSPS) is 10.5. The van der Waals surface area contributed by atoms with E-state index in [4.69, 9.17) is 0 Å². The van der Waals surface area contributed by atoms with Crippen LogP contribution in [-0.4, -0.2) is 34.0 Å². The van der Waals surface area contributed by atoms with E-state index in [9.17, 15) is 14.7 Å². The largest absolute Gasteiger partial charge is 0.478 e. The molecule has 0 radical (unpaired) electrons. The van der Waals surface area contributed by atoms with E-state index < -0.39 is 5.97 Å². The molecule has 1 heterocycles. The van der Waals surface area contributed by atoms with Crippen molar-refractivity contribution in [1.82, 2.24) is 9.97 Å². The summed E-state index contributed by atoms with van der Waals surface area (Å²) in [4.78, 5) is 32.4. The molecule has 4 aromatic rings. The Morgan fingerprint density at radius 3 is 2.53 bits per heavy atom. The van der Waals surface area contributed by atoms with Crippen molar-refractivity contribution >= 4 is 40.0 Å². The Labute approximate surface area is 184 Å². The van der Waals surface area contributed by atoms with Gasteiger partial charge in [-0.1, -0.05) is 24.3 Å². The Bertz CT molecular complexity index is 1310. The van der Waals surface area contributed by atoms with Crippen molar-refractivity contribution in [3.63, 3.8) is 0 Å². The lowest BCUT2D eigenvalue weighted by molar-refractivity contribution is 0.0698. The van der Waals surface area contributed by atoms with E-state index in [1.54, 1.807) is 31.3 Å². The predicted molar refractivity (Wildman–Crippen MR) is 124 cm³/mol. The maximum absolute atomic E-state index is 12.6. The summed E-state index contributed by atoms with van der Waals surface area (Å²) in [5.41, 5.74) is 3.51. The van der Waals surface area contributed by atoms with Crippen LogP contribution in [0.15, 0.2) is 73.1 Å². The molecular formula is C24H21N5O3. The van der Waals surface area contributed by atoms with Crippen LogP contribution in [0.3, 0.4) is 0 Å². The van der Waals surface area contributed by atoms with Gasteiger partial charge in [-0.2, -0.15) is 0 Å². The zero-order valence-corrected chi connectivity index (χ0v) is 17.3. The lowest BCUT2D eigenvalue weighted by Crippen LogP contribution is -2.12. The Balaban J connectivity index is 1.50. The van der Waals surface area contributed by atoms with Crippen LogP contribution in [0.2, 0.25) is 0 Å². The molecule has 4 rings (SSSR count). The zero-order valence-electron chi connectivity index (χ0n) is 17.3. The summed E-state index contributed by atoms with van der Waals surface area (Å²) in [6, 6.07) is 19.7.